The number of ketones is 1. The van der Waals surface area contributed by atoms with Crippen LogP contribution in [0.4, 0.5) is 10.5 Å². The van der Waals surface area contributed by atoms with Gasteiger partial charge in [-0.15, -0.1) is 0 Å². The number of rotatable bonds is 5. The molecule has 4 rings (SSSR count). The van der Waals surface area contributed by atoms with E-state index in [1.165, 1.54) is 31.3 Å². The summed E-state index contributed by atoms with van der Waals surface area (Å²) < 4.78 is 30.0. The molecule has 1 saturated heterocycles. The number of para-hydroxylation sites is 1. The van der Waals surface area contributed by atoms with E-state index in [4.69, 9.17) is 4.74 Å². The topological polar surface area (TPSA) is 113 Å². The van der Waals surface area contributed by atoms with Crippen LogP contribution in [0.3, 0.4) is 0 Å². The molecular weight excluding hydrogens is 422 g/mol. The second kappa shape index (κ2) is 7.38. The predicted octanol–water partition coefficient (Wildman–Crippen LogP) is 1.49. The number of hydrogen-bond acceptors (Lipinski definition) is 6. The number of ether oxygens (including phenoxy) is 1. The smallest absolute Gasteiger partial charge is 0.325 e. The molecule has 0 saturated carbocycles. The number of imide groups is 1. The molecule has 1 fully saturated rings. The maximum atomic E-state index is 13.2. The fraction of sp³-hybridized carbons (Fsp3) is 0.286. The predicted molar refractivity (Wildman–Crippen MR) is 112 cm³/mol. The third-order valence-electron chi connectivity index (χ3n) is 5.61. The zero-order chi connectivity index (χ0) is 22.4. The van der Waals surface area contributed by atoms with E-state index in [9.17, 15) is 22.8 Å². The number of amides is 3. The van der Waals surface area contributed by atoms with Crippen molar-refractivity contribution in [3.63, 3.8) is 0 Å². The number of urea groups is 1. The van der Waals surface area contributed by atoms with Crippen LogP contribution in [0.15, 0.2) is 48.5 Å². The summed E-state index contributed by atoms with van der Waals surface area (Å²) in [5, 5.41) is 2.75. The van der Waals surface area contributed by atoms with Crippen molar-refractivity contribution in [2.45, 2.75) is 12.0 Å². The van der Waals surface area contributed by atoms with Crippen molar-refractivity contribution >= 4 is 33.4 Å². The lowest BCUT2D eigenvalue weighted by Gasteiger charge is -2.33. The van der Waals surface area contributed by atoms with Crippen LogP contribution in [-0.4, -0.2) is 57.5 Å². The molecule has 9 nitrogen and oxygen atoms in total. The zero-order valence-corrected chi connectivity index (χ0v) is 17.8. The molecule has 2 heterocycles. The van der Waals surface area contributed by atoms with Crippen LogP contribution in [0.5, 0.6) is 5.75 Å². The largest absolute Gasteiger partial charge is 0.493 e. The third-order valence-corrected chi connectivity index (χ3v) is 6.82. The van der Waals surface area contributed by atoms with Crippen LogP contribution in [0, 0.1) is 0 Å². The quantitative estimate of drug-likeness (QED) is 0.553. The molecule has 1 N–H and O–H groups in total. The molecule has 1 atom stereocenters. The average Bonchev–Trinajstić information content (AvgIpc) is 2.97. The van der Waals surface area contributed by atoms with Crippen molar-refractivity contribution in [3.8, 4) is 5.75 Å². The number of carbonyl (C=O) groups is 3. The molecule has 10 heteroatoms. The minimum Gasteiger partial charge on any atom is -0.493 e. The van der Waals surface area contributed by atoms with Crippen molar-refractivity contribution in [2.75, 3.05) is 30.8 Å². The summed E-state index contributed by atoms with van der Waals surface area (Å²) in [6.45, 7) is -0.156. The van der Waals surface area contributed by atoms with E-state index in [2.05, 4.69) is 5.32 Å². The number of hydrogen-bond donors (Lipinski definition) is 1. The van der Waals surface area contributed by atoms with Crippen molar-refractivity contribution in [2.24, 2.45) is 0 Å². The number of carbonyl (C=O) groups excluding carboxylic acids is 3. The Bertz CT molecular complexity index is 1180. The summed E-state index contributed by atoms with van der Waals surface area (Å²) in [6, 6.07) is 12.3. The van der Waals surface area contributed by atoms with Crippen LogP contribution in [-0.2, 0) is 20.4 Å². The summed E-state index contributed by atoms with van der Waals surface area (Å²) in [7, 11) is -2.02. The molecule has 1 spiro atoms. The Balaban J connectivity index is 1.55. The molecule has 2 aromatic rings. The number of benzene rings is 2. The summed E-state index contributed by atoms with van der Waals surface area (Å²) in [5.74, 6) is -0.398. The van der Waals surface area contributed by atoms with Gasteiger partial charge in [0, 0.05) is 24.6 Å². The van der Waals surface area contributed by atoms with Gasteiger partial charge in [-0.3, -0.25) is 18.8 Å². The van der Waals surface area contributed by atoms with Gasteiger partial charge in [-0.1, -0.05) is 18.2 Å². The first-order valence-electron chi connectivity index (χ1n) is 9.57. The molecule has 2 aliphatic rings. The van der Waals surface area contributed by atoms with Gasteiger partial charge in [-0.25, -0.2) is 13.2 Å². The van der Waals surface area contributed by atoms with Crippen LogP contribution < -0.4 is 14.4 Å². The third kappa shape index (κ3) is 3.52. The minimum atomic E-state index is -3.43. The lowest BCUT2D eigenvalue weighted by Crippen LogP contribution is -2.47. The molecule has 31 heavy (non-hydrogen) atoms. The lowest BCUT2D eigenvalue weighted by molar-refractivity contribution is -0.132. The Morgan fingerprint density at radius 3 is 2.52 bits per heavy atom. The van der Waals surface area contributed by atoms with E-state index in [1.807, 2.05) is 0 Å². The molecule has 3 amide bonds. The van der Waals surface area contributed by atoms with Gasteiger partial charge in [0.05, 0.1) is 25.1 Å². The Morgan fingerprint density at radius 1 is 1.16 bits per heavy atom. The normalized spacial score (nSPS) is 20.3. The van der Waals surface area contributed by atoms with E-state index in [0.29, 0.717) is 17.0 Å². The monoisotopic (exact) mass is 443 g/mol. The second-order valence-electron chi connectivity index (χ2n) is 7.52. The summed E-state index contributed by atoms with van der Waals surface area (Å²) in [5.41, 5.74) is -0.0112. The van der Waals surface area contributed by atoms with Crippen LogP contribution in [0.2, 0.25) is 0 Å². The Kier molecular flexibility index (Phi) is 4.97. The number of nitrogens with one attached hydrogen (secondary N) is 1. The Hall–Kier alpha value is -3.40. The standard InChI is InChI=1S/C21H21N3O6S/c1-23(31(2,28)29)15-9-7-14(8-10-15)17(25)13-24-19(26)21(22-20(24)27)11-12-30-18-6-4-3-5-16(18)21/h3-10H,11-13H2,1-2H3,(H,22,27)/t21-/m0/s1. The number of fused-ring (bicyclic) bond motifs is 2. The van der Waals surface area contributed by atoms with Gasteiger partial charge in [0.15, 0.2) is 11.3 Å². The maximum absolute atomic E-state index is 13.2. The van der Waals surface area contributed by atoms with E-state index in [-0.39, 0.29) is 18.6 Å². The van der Waals surface area contributed by atoms with Crippen molar-refractivity contribution in [1.82, 2.24) is 10.2 Å². The van der Waals surface area contributed by atoms with Gasteiger partial charge >= 0.3 is 6.03 Å². The summed E-state index contributed by atoms with van der Waals surface area (Å²) >= 11 is 0. The summed E-state index contributed by atoms with van der Waals surface area (Å²) in [4.78, 5) is 39.5. The Labute approximate surface area is 179 Å². The number of nitrogens with zero attached hydrogens (tertiary/aromatic N) is 2. The molecule has 0 bridgehead atoms. The number of sulfonamides is 1. The Morgan fingerprint density at radius 2 is 1.84 bits per heavy atom. The van der Waals surface area contributed by atoms with Gasteiger partial charge in [-0.05, 0) is 30.3 Å². The summed E-state index contributed by atoms with van der Waals surface area (Å²) in [6.07, 6.45) is 1.35. The highest BCUT2D eigenvalue weighted by Crippen LogP contribution is 2.40. The highest BCUT2D eigenvalue weighted by atomic mass is 32.2. The van der Waals surface area contributed by atoms with Gasteiger partial charge in [-0.2, -0.15) is 0 Å². The highest BCUT2D eigenvalue weighted by Gasteiger charge is 2.55. The van der Waals surface area contributed by atoms with E-state index < -0.39 is 39.8 Å². The number of Topliss-reactive ketones (excluding diaryl/α,β-unsaturated/α-hetero) is 1. The van der Waals surface area contributed by atoms with E-state index in [0.717, 1.165) is 15.5 Å². The van der Waals surface area contributed by atoms with E-state index in [1.54, 1.807) is 24.3 Å². The SMILES string of the molecule is CN(c1ccc(C(=O)CN2C(=O)N[C@]3(CCOc4ccccc43)C2=O)cc1)S(C)(=O)=O. The first kappa shape index (κ1) is 20.9. The molecule has 2 aromatic carbocycles. The van der Waals surface area contributed by atoms with Gasteiger partial charge < -0.3 is 10.1 Å². The van der Waals surface area contributed by atoms with Gasteiger partial charge in [0.2, 0.25) is 10.0 Å². The molecule has 0 aromatic heterocycles. The fourth-order valence-corrected chi connectivity index (χ4v) is 4.30. The van der Waals surface area contributed by atoms with Gasteiger partial charge in [0.1, 0.15) is 5.75 Å². The minimum absolute atomic E-state index is 0.263. The van der Waals surface area contributed by atoms with Gasteiger partial charge in [0.25, 0.3) is 5.91 Å². The molecular formula is C21H21N3O6S. The first-order chi connectivity index (χ1) is 14.6. The van der Waals surface area contributed by atoms with Crippen LogP contribution in [0.1, 0.15) is 22.3 Å². The van der Waals surface area contributed by atoms with Crippen LogP contribution >= 0.6 is 0 Å². The second-order valence-corrected chi connectivity index (χ2v) is 9.54. The van der Waals surface area contributed by atoms with E-state index >= 15 is 0 Å². The highest BCUT2D eigenvalue weighted by molar-refractivity contribution is 7.92. The molecule has 2 aliphatic heterocycles. The van der Waals surface area contributed by atoms with Crippen LogP contribution in [0.25, 0.3) is 0 Å². The molecule has 0 aliphatic carbocycles. The molecule has 0 unspecified atom stereocenters. The lowest BCUT2D eigenvalue weighted by atomic mass is 9.84. The first-order valence-corrected chi connectivity index (χ1v) is 11.4. The van der Waals surface area contributed by atoms with Crippen molar-refractivity contribution < 1.29 is 27.5 Å². The average molecular weight is 443 g/mol. The zero-order valence-electron chi connectivity index (χ0n) is 17.0. The maximum Gasteiger partial charge on any atom is 0.325 e. The number of anilines is 1. The molecule has 162 valence electrons. The van der Waals surface area contributed by atoms with Crippen molar-refractivity contribution in [1.29, 1.82) is 0 Å². The molecule has 0 radical (unpaired) electrons. The van der Waals surface area contributed by atoms with Crippen molar-refractivity contribution in [3.05, 3.63) is 59.7 Å². The fourth-order valence-electron chi connectivity index (χ4n) is 3.80.